The third kappa shape index (κ3) is 3.05. The van der Waals surface area contributed by atoms with Crippen molar-refractivity contribution in [1.29, 1.82) is 0 Å². The molecule has 0 saturated carbocycles. The van der Waals surface area contributed by atoms with Gasteiger partial charge in [-0.3, -0.25) is 0 Å². The fourth-order valence-corrected chi connectivity index (χ4v) is 1.65. The van der Waals surface area contributed by atoms with E-state index in [1.54, 1.807) is 0 Å². The summed E-state index contributed by atoms with van der Waals surface area (Å²) in [7, 11) is 0. The van der Waals surface area contributed by atoms with E-state index in [4.69, 9.17) is 21.9 Å². The van der Waals surface area contributed by atoms with Crippen LogP contribution in [0, 0.1) is 5.92 Å². The van der Waals surface area contributed by atoms with Crippen LogP contribution in [0.3, 0.4) is 0 Å². The summed E-state index contributed by atoms with van der Waals surface area (Å²) in [6.07, 6.45) is 0.698. The van der Waals surface area contributed by atoms with Crippen LogP contribution in [0.1, 0.15) is 12.8 Å². The second-order valence-electron chi connectivity index (χ2n) is 4.07. The first kappa shape index (κ1) is 12.1. The van der Waals surface area contributed by atoms with Gasteiger partial charge in [0.15, 0.2) is 0 Å². The normalized spacial score (nSPS) is 12.6. The topological polar surface area (TPSA) is 64.9 Å². The van der Waals surface area contributed by atoms with Crippen molar-refractivity contribution in [2.75, 3.05) is 6.54 Å². The molecule has 1 unspecified atom stereocenters. The summed E-state index contributed by atoms with van der Waals surface area (Å²) in [5, 5.41) is 4.59. The Morgan fingerprint density at radius 3 is 3.00 bits per heavy atom. The summed E-state index contributed by atoms with van der Waals surface area (Å²) in [6.45, 7) is 2.65. The maximum Gasteiger partial charge on any atom is 0.227 e. The van der Waals surface area contributed by atoms with Gasteiger partial charge in [-0.05, 0) is 24.6 Å². The van der Waals surface area contributed by atoms with Crippen molar-refractivity contribution >= 4 is 11.6 Å². The fraction of sp³-hybridized carbons (Fsp3) is 0.333. The number of halogens is 1. The average Bonchev–Trinajstić information content (AvgIpc) is 2.77. The highest BCUT2D eigenvalue weighted by Crippen LogP contribution is 2.20. The van der Waals surface area contributed by atoms with Gasteiger partial charge in [0, 0.05) is 17.0 Å². The molecule has 0 fully saturated rings. The molecule has 17 heavy (non-hydrogen) atoms. The molecule has 5 heteroatoms. The predicted octanol–water partition coefficient (Wildman–Crippen LogP) is 2.53. The molecule has 0 aliphatic carbocycles. The van der Waals surface area contributed by atoms with Crippen molar-refractivity contribution in [3.63, 3.8) is 0 Å². The number of hydrogen-bond acceptors (Lipinski definition) is 4. The minimum Gasteiger partial charge on any atom is -0.339 e. The fourth-order valence-electron chi connectivity index (χ4n) is 1.46. The second-order valence-corrected chi connectivity index (χ2v) is 4.50. The predicted molar refractivity (Wildman–Crippen MR) is 66.7 cm³/mol. The van der Waals surface area contributed by atoms with Crippen LogP contribution in [-0.2, 0) is 6.42 Å². The summed E-state index contributed by atoms with van der Waals surface area (Å²) in [5.41, 5.74) is 6.40. The van der Waals surface area contributed by atoms with Gasteiger partial charge in [-0.15, -0.1) is 0 Å². The highest BCUT2D eigenvalue weighted by molar-refractivity contribution is 6.30. The zero-order valence-electron chi connectivity index (χ0n) is 9.56. The Bertz CT molecular complexity index is 498. The number of nitrogens with zero attached hydrogens (tertiary/aromatic N) is 2. The maximum atomic E-state index is 5.91. The molecule has 0 amide bonds. The third-order valence-corrected chi connectivity index (χ3v) is 2.71. The van der Waals surface area contributed by atoms with E-state index in [-0.39, 0.29) is 0 Å². The molecule has 0 spiro atoms. The first-order valence-corrected chi connectivity index (χ1v) is 5.85. The summed E-state index contributed by atoms with van der Waals surface area (Å²) in [4.78, 5) is 4.32. The number of nitrogens with two attached hydrogens (primary N) is 1. The van der Waals surface area contributed by atoms with Crippen LogP contribution < -0.4 is 5.73 Å². The second kappa shape index (κ2) is 5.29. The minimum atomic E-state index is 0.336. The lowest BCUT2D eigenvalue weighted by molar-refractivity contribution is 0.360. The van der Waals surface area contributed by atoms with E-state index in [0.29, 0.717) is 35.6 Å². The zero-order valence-corrected chi connectivity index (χ0v) is 10.3. The van der Waals surface area contributed by atoms with Crippen LogP contribution in [0.4, 0.5) is 0 Å². The van der Waals surface area contributed by atoms with Crippen molar-refractivity contribution in [2.24, 2.45) is 11.7 Å². The molecular formula is C12H14ClN3O. The summed E-state index contributed by atoms with van der Waals surface area (Å²) in [5.74, 6) is 1.51. The largest absolute Gasteiger partial charge is 0.339 e. The van der Waals surface area contributed by atoms with Gasteiger partial charge in [0.2, 0.25) is 11.7 Å². The molecule has 90 valence electrons. The van der Waals surface area contributed by atoms with Crippen LogP contribution in [0.25, 0.3) is 11.4 Å². The van der Waals surface area contributed by atoms with Crippen LogP contribution in [-0.4, -0.2) is 16.7 Å². The van der Waals surface area contributed by atoms with Crippen molar-refractivity contribution < 1.29 is 4.52 Å². The molecule has 0 aliphatic rings. The van der Waals surface area contributed by atoms with Gasteiger partial charge in [0.1, 0.15) is 0 Å². The van der Waals surface area contributed by atoms with E-state index in [9.17, 15) is 0 Å². The summed E-state index contributed by atoms with van der Waals surface area (Å²) < 4.78 is 5.17. The number of rotatable bonds is 4. The zero-order chi connectivity index (χ0) is 12.3. The van der Waals surface area contributed by atoms with Gasteiger partial charge in [-0.2, -0.15) is 4.98 Å². The van der Waals surface area contributed by atoms with Crippen LogP contribution in [0.2, 0.25) is 5.02 Å². The Labute approximate surface area is 105 Å². The lowest BCUT2D eigenvalue weighted by Gasteiger charge is -2.01. The monoisotopic (exact) mass is 251 g/mol. The summed E-state index contributed by atoms with van der Waals surface area (Å²) in [6, 6.07) is 7.37. The van der Waals surface area contributed by atoms with E-state index in [2.05, 4.69) is 10.1 Å². The van der Waals surface area contributed by atoms with E-state index in [1.807, 2.05) is 31.2 Å². The quantitative estimate of drug-likeness (QED) is 0.907. The van der Waals surface area contributed by atoms with Crippen LogP contribution in [0.5, 0.6) is 0 Å². The number of hydrogen-bond donors (Lipinski definition) is 1. The molecule has 4 nitrogen and oxygen atoms in total. The molecule has 0 saturated heterocycles. The van der Waals surface area contributed by atoms with Gasteiger partial charge in [0.05, 0.1) is 0 Å². The van der Waals surface area contributed by atoms with E-state index >= 15 is 0 Å². The molecule has 1 aromatic carbocycles. The Hall–Kier alpha value is -1.39. The average molecular weight is 252 g/mol. The molecular weight excluding hydrogens is 238 g/mol. The Morgan fingerprint density at radius 1 is 1.47 bits per heavy atom. The third-order valence-electron chi connectivity index (χ3n) is 2.48. The van der Waals surface area contributed by atoms with E-state index in [1.165, 1.54) is 0 Å². The molecule has 1 heterocycles. The van der Waals surface area contributed by atoms with E-state index < -0.39 is 0 Å². The molecule has 0 radical (unpaired) electrons. The lowest BCUT2D eigenvalue weighted by Crippen LogP contribution is -2.13. The van der Waals surface area contributed by atoms with Crippen molar-refractivity contribution in [3.05, 3.63) is 35.2 Å². The summed E-state index contributed by atoms with van der Waals surface area (Å²) >= 11 is 5.91. The Kier molecular flexibility index (Phi) is 3.76. The highest BCUT2D eigenvalue weighted by atomic mass is 35.5. The Balaban J connectivity index is 2.18. The maximum absolute atomic E-state index is 5.91. The highest BCUT2D eigenvalue weighted by Gasteiger charge is 2.11. The van der Waals surface area contributed by atoms with Gasteiger partial charge < -0.3 is 10.3 Å². The van der Waals surface area contributed by atoms with Gasteiger partial charge >= 0.3 is 0 Å². The van der Waals surface area contributed by atoms with Gasteiger partial charge in [-0.25, -0.2) is 0 Å². The van der Waals surface area contributed by atoms with E-state index in [0.717, 1.165) is 5.56 Å². The molecule has 2 N–H and O–H groups in total. The molecule has 0 bridgehead atoms. The number of benzene rings is 1. The molecule has 1 aromatic heterocycles. The molecule has 2 aromatic rings. The van der Waals surface area contributed by atoms with Crippen molar-refractivity contribution in [3.8, 4) is 11.4 Å². The van der Waals surface area contributed by atoms with Crippen molar-refractivity contribution in [2.45, 2.75) is 13.3 Å². The standard InChI is InChI=1S/C12H14ClN3O/c1-8(7-14)5-11-15-12(16-17-11)9-3-2-4-10(13)6-9/h2-4,6,8H,5,7,14H2,1H3. The smallest absolute Gasteiger partial charge is 0.227 e. The Morgan fingerprint density at radius 2 is 2.29 bits per heavy atom. The van der Waals surface area contributed by atoms with Gasteiger partial charge in [0.25, 0.3) is 0 Å². The lowest BCUT2D eigenvalue weighted by atomic mass is 10.1. The molecule has 0 aliphatic heterocycles. The first-order chi connectivity index (χ1) is 8.19. The number of aromatic nitrogens is 2. The molecule has 1 atom stereocenters. The van der Waals surface area contributed by atoms with Crippen molar-refractivity contribution in [1.82, 2.24) is 10.1 Å². The van der Waals surface area contributed by atoms with Gasteiger partial charge in [-0.1, -0.05) is 35.8 Å². The van der Waals surface area contributed by atoms with Crippen LogP contribution in [0.15, 0.2) is 28.8 Å². The first-order valence-electron chi connectivity index (χ1n) is 5.47. The molecule has 2 rings (SSSR count). The minimum absolute atomic E-state index is 0.336. The SMILES string of the molecule is CC(CN)Cc1nc(-c2cccc(Cl)c2)no1. The van der Waals surface area contributed by atoms with Crippen LogP contribution >= 0.6 is 11.6 Å².